The first-order valence-electron chi connectivity index (χ1n) is 4.15. The van der Waals surface area contributed by atoms with Crippen LogP contribution in [0.3, 0.4) is 0 Å². The zero-order chi connectivity index (χ0) is 10.4. The van der Waals surface area contributed by atoms with Crippen molar-refractivity contribution in [3.63, 3.8) is 0 Å². The lowest BCUT2D eigenvalue weighted by Gasteiger charge is -2.15. The lowest BCUT2D eigenvalue weighted by molar-refractivity contribution is -0.145. The molecule has 0 atom stereocenters. The molecule has 13 heavy (non-hydrogen) atoms. The average molecular weight is 188 g/mol. The molecule has 5 nitrogen and oxygen atoms in total. The summed E-state index contributed by atoms with van der Waals surface area (Å²) in [6.07, 6.45) is 0. The van der Waals surface area contributed by atoms with Crippen LogP contribution in [-0.4, -0.2) is 48.1 Å². The van der Waals surface area contributed by atoms with Crippen molar-refractivity contribution >= 4 is 11.8 Å². The van der Waals surface area contributed by atoms with Crippen molar-refractivity contribution in [2.45, 2.75) is 19.9 Å². The monoisotopic (exact) mass is 188 g/mol. The molecule has 0 aliphatic rings. The van der Waals surface area contributed by atoms with Crippen LogP contribution in [0.2, 0.25) is 0 Å². The largest absolute Gasteiger partial charge is 0.395 e. The maximum atomic E-state index is 11.2. The number of aliphatic hydroxyl groups excluding tert-OH is 1. The molecule has 0 rings (SSSR count). The van der Waals surface area contributed by atoms with E-state index in [1.807, 2.05) is 0 Å². The zero-order valence-corrected chi connectivity index (χ0v) is 8.20. The van der Waals surface area contributed by atoms with Crippen LogP contribution in [0.4, 0.5) is 0 Å². The first-order chi connectivity index (χ1) is 5.99. The Labute approximate surface area is 77.7 Å². The fourth-order valence-electron chi connectivity index (χ4n) is 0.749. The summed E-state index contributed by atoms with van der Waals surface area (Å²) < 4.78 is 0. The highest BCUT2D eigenvalue weighted by molar-refractivity contribution is 6.34. The molecular weight excluding hydrogens is 172 g/mol. The smallest absolute Gasteiger partial charge is 0.311 e. The number of amides is 2. The van der Waals surface area contributed by atoms with Gasteiger partial charge in [-0.05, 0) is 13.8 Å². The van der Waals surface area contributed by atoms with Gasteiger partial charge in [0.15, 0.2) is 0 Å². The lowest BCUT2D eigenvalue weighted by atomic mass is 10.3. The molecule has 2 amide bonds. The maximum Gasteiger partial charge on any atom is 0.311 e. The first kappa shape index (κ1) is 11.9. The molecule has 0 aromatic carbocycles. The van der Waals surface area contributed by atoms with Crippen LogP contribution < -0.4 is 5.32 Å². The Morgan fingerprint density at radius 3 is 2.38 bits per heavy atom. The first-order valence-corrected chi connectivity index (χ1v) is 4.15. The van der Waals surface area contributed by atoms with E-state index in [1.165, 1.54) is 11.9 Å². The molecule has 0 saturated carbocycles. The van der Waals surface area contributed by atoms with E-state index in [1.54, 1.807) is 13.8 Å². The van der Waals surface area contributed by atoms with Gasteiger partial charge in [0.25, 0.3) is 0 Å². The number of hydrogen-bond donors (Lipinski definition) is 2. The molecule has 2 N–H and O–H groups in total. The van der Waals surface area contributed by atoms with E-state index in [-0.39, 0.29) is 19.2 Å². The summed E-state index contributed by atoms with van der Waals surface area (Å²) in [7, 11) is 1.47. The minimum atomic E-state index is -0.633. The van der Waals surface area contributed by atoms with Crippen molar-refractivity contribution in [2.75, 3.05) is 20.2 Å². The molecule has 0 aromatic rings. The van der Waals surface area contributed by atoms with Crippen molar-refractivity contribution < 1.29 is 14.7 Å². The highest BCUT2D eigenvalue weighted by atomic mass is 16.3. The molecule has 0 saturated heterocycles. The van der Waals surface area contributed by atoms with Gasteiger partial charge in [-0.25, -0.2) is 0 Å². The second-order valence-corrected chi connectivity index (χ2v) is 3.08. The third-order valence-electron chi connectivity index (χ3n) is 1.40. The third-order valence-corrected chi connectivity index (χ3v) is 1.40. The standard InChI is InChI=1S/C8H16N2O3/c1-6(2)9-7(12)8(13)10(3)4-5-11/h6,11H,4-5H2,1-3H3,(H,9,12). The van der Waals surface area contributed by atoms with Gasteiger partial charge in [-0.2, -0.15) is 0 Å². The predicted molar refractivity (Wildman–Crippen MR) is 48.0 cm³/mol. The highest BCUT2D eigenvalue weighted by Gasteiger charge is 2.18. The predicted octanol–water partition coefficient (Wildman–Crippen LogP) is -1.04. The molecule has 0 aliphatic heterocycles. The summed E-state index contributed by atoms with van der Waals surface area (Å²) in [4.78, 5) is 23.4. The minimum absolute atomic E-state index is 0.0565. The summed E-state index contributed by atoms with van der Waals surface area (Å²) in [6.45, 7) is 3.58. The summed E-state index contributed by atoms with van der Waals surface area (Å²) >= 11 is 0. The van der Waals surface area contributed by atoms with Gasteiger partial charge in [-0.1, -0.05) is 0 Å². The number of aliphatic hydroxyl groups is 1. The maximum absolute atomic E-state index is 11.2. The van der Waals surface area contributed by atoms with Gasteiger partial charge in [0.2, 0.25) is 0 Å². The number of carbonyl (C=O) groups is 2. The number of nitrogens with one attached hydrogen (secondary N) is 1. The van der Waals surface area contributed by atoms with Crippen LogP contribution in [0.5, 0.6) is 0 Å². The summed E-state index contributed by atoms with van der Waals surface area (Å²) in [5.41, 5.74) is 0. The van der Waals surface area contributed by atoms with E-state index in [4.69, 9.17) is 5.11 Å². The number of carbonyl (C=O) groups excluding carboxylic acids is 2. The molecule has 0 spiro atoms. The quantitative estimate of drug-likeness (QED) is 0.556. The normalized spacial score (nSPS) is 9.92. The van der Waals surface area contributed by atoms with Crippen LogP contribution >= 0.6 is 0 Å². The van der Waals surface area contributed by atoms with Gasteiger partial charge in [-0.3, -0.25) is 9.59 Å². The van der Waals surface area contributed by atoms with Crippen LogP contribution in [-0.2, 0) is 9.59 Å². The Morgan fingerprint density at radius 1 is 1.46 bits per heavy atom. The van der Waals surface area contributed by atoms with Gasteiger partial charge in [0.1, 0.15) is 0 Å². The van der Waals surface area contributed by atoms with Crippen molar-refractivity contribution in [3.05, 3.63) is 0 Å². The van der Waals surface area contributed by atoms with E-state index in [9.17, 15) is 9.59 Å². The van der Waals surface area contributed by atoms with Gasteiger partial charge >= 0.3 is 11.8 Å². The van der Waals surface area contributed by atoms with E-state index in [2.05, 4.69) is 5.32 Å². The molecule has 0 radical (unpaired) electrons. The number of rotatable bonds is 3. The molecule has 76 valence electrons. The van der Waals surface area contributed by atoms with Crippen molar-refractivity contribution in [3.8, 4) is 0 Å². The summed E-state index contributed by atoms with van der Waals surface area (Å²) in [5, 5.41) is 11.0. The van der Waals surface area contributed by atoms with Crippen LogP contribution in [0, 0.1) is 0 Å². The van der Waals surface area contributed by atoms with E-state index in [0.717, 1.165) is 0 Å². The van der Waals surface area contributed by atoms with Crippen molar-refractivity contribution in [1.29, 1.82) is 0 Å². The van der Waals surface area contributed by atoms with Crippen LogP contribution in [0.25, 0.3) is 0 Å². The number of hydrogen-bond acceptors (Lipinski definition) is 3. The SMILES string of the molecule is CC(C)NC(=O)C(=O)N(C)CCO. The van der Waals surface area contributed by atoms with Gasteiger partial charge in [0, 0.05) is 19.6 Å². The Kier molecular flexibility index (Phi) is 5.06. The van der Waals surface area contributed by atoms with Crippen LogP contribution in [0.15, 0.2) is 0 Å². The fourth-order valence-corrected chi connectivity index (χ4v) is 0.749. The van der Waals surface area contributed by atoms with E-state index in [0.29, 0.717) is 0 Å². The van der Waals surface area contributed by atoms with Crippen LogP contribution in [0.1, 0.15) is 13.8 Å². The molecule has 0 heterocycles. The molecule has 0 aliphatic carbocycles. The van der Waals surface area contributed by atoms with E-state index < -0.39 is 11.8 Å². The Morgan fingerprint density at radius 2 is 2.00 bits per heavy atom. The Bertz CT molecular complexity index is 192. The minimum Gasteiger partial charge on any atom is -0.395 e. The number of nitrogens with zero attached hydrogens (tertiary/aromatic N) is 1. The van der Waals surface area contributed by atoms with Crippen molar-refractivity contribution in [1.82, 2.24) is 10.2 Å². The lowest BCUT2D eigenvalue weighted by Crippen LogP contribution is -2.44. The molecule has 0 fully saturated rings. The average Bonchev–Trinajstić information content (AvgIpc) is 2.02. The second kappa shape index (κ2) is 5.53. The second-order valence-electron chi connectivity index (χ2n) is 3.08. The summed E-state index contributed by atoms with van der Waals surface area (Å²) in [5.74, 6) is -1.26. The molecule has 0 unspecified atom stereocenters. The highest BCUT2D eigenvalue weighted by Crippen LogP contribution is 1.86. The number of likely N-dealkylation sites (N-methyl/N-ethyl adjacent to an activating group) is 1. The van der Waals surface area contributed by atoms with Gasteiger partial charge in [0.05, 0.1) is 6.61 Å². The molecule has 0 aromatic heterocycles. The third kappa shape index (κ3) is 4.47. The van der Waals surface area contributed by atoms with E-state index >= 15 is 0 Å². The van der Waals surface area contributed by atoms with Gasteiger partial charge < -0.3 is 15.3 Å². The Hall–Kier alpha value is -1.10. The zero-order valence-electron chi connectivity index (χ0n) is 8.20. The Balaban J connectivity index is 4.02. The van der Waals surface area contributed by atoms with Crippen molar-refractivity contribution in [2.24, 2.45) is 0 Å². The topological polar surface area (TPSA) is 69.6 Å². The molecular formula is C8H16N2O3. The van der Waals surface area contributed by atoms with Gasteiger partial charge in [-0.15, -0.1) is 0 Å². The summed E-state index contributed by atoms with van der Waals surface area (Å²) in [6, 6.07) is -0.0565. The molecule has 0 bridgehead atoms. The molecule has 5 heteroatoms. The fraction of sp³-hybridized carbons (Fsp3) is 0.750.